The van der Waals surface area contributed by atoms with E-state index in [4.69, 9.17) is 9.15 Å². The maximum atomic E-state index is 13.0. The zero-order chi connectivity index (χ0) is 17.6. The van der Waals surface area contributed by atoms with E-state index in [-0.39, 0.29) is 11.8 Å². The van der Waals surface area contributed by atoms with Crippen LogP contribution in [0.15, 0.2) is 70.4 Å². The first kappa shape index (κ1) is 17.2. The van der Waals surface area contributed by atoms with Crippen LogP contribution in [0.2, 0.25) is 0 Å². The van der Waals surface area contributed by atoms with E-state index >= 15 is 0 Å². The predicted octanol–water partition coefficient (Wildman–Crippen LogP) is 4.88. The lowest BCUT2D eigenvalue weighted by molar-refractivity contribution is -0.142. The van der Waals surface area contributed by atoms with E-state index in [1.54, 1.807) is 25.3 Å². The lowest BCUT2D eigenvalue weighted by Crippen LogP contribution is -2.13. The van der Waals surface area contributed by atoms with E-state index in [2.05, 4.69) is 4.98 Å². The molecule has 3 rings (SSSR count). The van der Waals surface area contributed by atoms with E-state index in [9.17, 15) is 9.18 Å². The molecule has 0 radical (unpaired) electrons. The van der Waals surface area contributed by atoms with E-state index in [0.29, 0.717) is 23.2 Å². The summed E-state index contributed by atoms with van der Waals surface area (Å²) in [5.74, 6) is -0.150. The first-order chi connectivity index (χ1) is 12.2. The Bertz CT molecular complexity index is 833. The zero-order valence-electron chi connectivity index (χ0n) is 13.5. The molecule has 25 heavy (non-hydrogen) atoms. The molecule has 0 saturated carbocycles. The molecule has 4 nitrogen and oxygen atoms in total. The fourth-order valence-corrected chi connectivity index (χ4v) is 3.17. The Labute approximate surface area is 149 Å². The summed E-state index contributed by atoms with van der Waals surface area (Å²) in [5, 5.41) is -0.220. The minimum atomic E-state index is -0.569. The lowest BCUT2D eigenvalue weighted by atomic mass is 10.1. The van der Waals surface area contributed by atoms with Gasteiger partial charge in [0.1, 0.15) is 11.1 Å². The van der Waals surface area contributed by atoms with Gasteiger partial charge in [-0.25, -0.2) is 9.37 Å². The van der Waals surface area contributed by atoms with Gasteiger partial charge in [0.15, 0.2) is 5.76 Å². The smallest absolute Gasteiger partial charge is 0.324 e. The Hall–Kier alpha value is -2.60. The summed E-state index contributed by atoms with van der Waals surface area (Å²) in [6, 6.07) is 15.3. The normalized spacial score (nSPS) is 11.9. The second-order valence-corrected chi connectivity index (χ2v) is 6.21. The number of halogens is 1. The van der Waals surface area contributed by atoms with Gasteiger partial charge in [-0.2, -0.15) is 0 Å². The Kier molecular flexibility index (Phi) is 5.50. The van der Waals surface area contributed by atoms with Crippen molar-refractivity contribution >= 4 is 17.7 Å². The molecule has 0 amide bonds. The van der Waals surface area contributed by atoms with Crippen LogP contribution < -0.4 is 0 Å². The van der Waals surface area contributed by atoms with Crippen molar-refractivity contribution in [2.45, 2.75) is 17.4 Å². The van der Waals surface area contributed by atoms with Crippen molar-refractivity contribution in [1.29, 1.82) is 0 Å². The number of hydrogen-bond donors (Lipinski definition) is 0. The summed E-state index contributed by atoms with van der Waals surface area (Å²) < 4.78 is 23.9. The predicted molar refractivity (Wildman–Crippen MR) is 93.6 cm³/mol. The van der Waals surface area contributed by atoms with Crippen molar-refractivity contribution < 1.29 is 18.3 Å². The van der Waals surface area contributed by atoms with E-state index < -0.39 is 5.25 Å². The van der Waals surface area contributed by atoms with Gasteiger partial charge in [0.2, 0.25) is 0 Å². The summed E-state index contributed by atoms with van der Waals surface area (Å²) in [5.41, 5.74) is 1.53. The van der Waals surface area contributed by atoms with Crippen LogP contribution in [0.4, 0.5) is 4.39 Å². The highest BCUT2D eigenvalue weighted by Gasteiger charge is 2.25. The van der Waals surface area contributed by atoms with Crippen molar-refractivity contribution in [2.75, 3.05) is 6.61 Å². The minimum absolute atomic E-state index is 0.301. The molecule has 1 atom stereocenters. The molecular formula is C19H16FNO3S. The van der Waals surface area contributed by atoms with E-state index in [0.717, 1.165) is 5.56 Å². The van der Waals surface area contributed by atoms with Crippen molar-refractivity contribution in [3.63, 3.8) is 0 Å². The molecule has 0 spiro atoms. The van der Waals surface area contributed by atoms with Crippen LogP contribution >= 0.6 is 11.8 Å². The van der Waals surface area contributed by atoms with Gasteiger partial charge in [0, 0.05) is 5.56 Å². The molecule has 2 aromatic carbocycles. The van der Waals surface area contributed by atoms with Crippen molar-refractivity contribution in [2.24, 2.45) is 0 Å². The summed E-state index contributed by atoms with van der Waals surface area (Å²) in [6.07, 6.45) is 1.56. The maximum Gasteiger partial charge on any atom is 0.324 e. The topological polar surface area (TPSA) is 52.3 Å². The number of oxazole rings is 1. The van der Waals surface area contributed by atoms with Gasteiger partial charge in [-0.3, -0.25) is 4.79 Å². The molecule has 0 saturated heterocycles. The highest BCUT2D eigenvalue weighted by Crippen LogP contribution is 2.37. The molecule has 1 aromatic heterocycles. The molecule has 3 aromatic rings. The third-order valence-corrected chi connectivity index (χ3v) is 4.53. The minimum Gasteiger partial charge on any atom is -0.465 e. The molecule has 0 aliphatic carbocycles. The van der Waals surface area contributed by atoms with E-state index in [1.807, 2.05) is 30.3 Å². The summed E-state index contributed by atoms with van der Waals surface area (Å²) in [7, 11) is 0. The van der Waals surface area contributed by atoms with Crippen molar-refractivity contribution in [3.8, 4) is 11.3 Å². The second-order valence-electron chi connectivity index (χ2n) is 5.16. The third-order valence-electron chi connectivity index (χ3n) is 3.43. The average Bonchev–Trinajstić information content (AvgIpc) is 3.10. The molecular weight excluding hydrogens is 341 g/mol. The number of ether oxygens (including phenoxy) is 1. The quantitative estimate of drug-likeness (QED) is 0.465. The molecule has 0 aliphatic rings. The Morgan fingerprint density at radius 2 is 1.92 bits per heavy atom. The first-order valence-electron chi connectivity index (χ1n) is 7.77. The van der Waals surface area contributed by atoms with Crippen LogP contribution in [-0.2, 0) is 9.53 Å². The fourth-order valence-electron chi connectivity index (χ4n) is 2.26. The van der Waals surface area contributed by atoms with Crippen molar-refractivity contribution in [3.05, 3.63) is 72.2 Å². The molecule has 1 heterocycles. The number of nitrogens with zero attached hydrogens (tertiary/aromatic N) is 1. The van der Waals surface area contributed by atoms with Crippen molar-refractivity contribution in [1.82, 2.24) is 4.98 Å². The standard InChI is InChI=1S/C19H16FNO3S/c1-2-23-18(22)17(14-6-4-3-5-7-14)25-19-21-12-16(24-19)13-8-10-15(20)11-9-13/h3-12,17H,2H2,1H3. The molecule has 1 unspecified atom stereocenters. The number of esters is 1. The Morgan fingerprint density at radius 1 is 1.20 bits per heavy atom. The SMILES string of the molecule is CCOC(=O)C(Sc1ncc(-c2ccc(F)cc2)o1)c1ccccc1. The molecule has 0 N–H and O–H groups in total. The van der Waals surface area contributed by atoms with Crippen LogP contribution in [0.1, 0.15) is 17.7 Å². The van der Waals surface area contributed by atoms with Gasteiger partial charge in [-0.05, 0) is 48.5 Å². The molecule has 128 valence electrons. The number of hydrogen-bond acceptors (Lipinski definition) is 5. The van der Waals surface area contributed by atoms with Gasteiger partial charge < -0.3 is 9.15 Å². The van der Waals surface area contributed by atoms with Gasteiger partial charge in [0.05, 0.1) is 12.8 Å². The number of rotatable bonds is 6. The fraction of sp³-hybridized carbons (Fsp3) is 0.158. The van der Waals surface area contributed by atoms with Crippen LogP contribution in [0.3, 0.4) is 0 Å². The van der Waals surface area contributed by atoms with Gasteiger partial charge in [-0.15, -0.1) is 0 Å². The number of thioether (sulfide) groups is 1. The Balaban J connectivity index is 1.82. The summed E-state index contributed by atoms with van der Waals surface area (Å²) in [6.45, 7) is 2.07. The number of carbonyl (C=O) groups excluding carboxylic acids is 1. The van der Waals surface area contributed by atoms with Crippen LogP contribution in [0.5, 0.6) is 0 Å². The summed E-state index contributed by atoms with van der Waals surface area (Å²) in [4.78, 5) is 16.5. The lowest BCUT2D eigenvalue weighted by Gasteiger charge is -2.13. The molecule has 0 fully saturated rings. The molecule has 6 heteroatoms. The first-order valence-corrected chi connectivity index (χ1v) is 8.65. The van der Waals surface area contributed by atoms with Gasteiger partial charge >= 0.3 is 5.97 Å². The number of carbonyl (C=O) groups is 1. The average molecular weight is 357 g/mol. The zero-order valence-corrected chi connectivity index (χ0v) is 14.3. The number of benzene rings is 2. The van der Waals surface area contributed by atoms with Crippen LogP contribution in [0.25, 0.3) is 11.3 Å². The van der Waals surface area contributed by atoms with Gasteiger partial charge in [0.25, 0.3) is 5.22 Å². The molecule has 0 bridgehead atoms. The second kappa shape index (κ2) is 7.98. The monoisotopic (exact) mass is 357 g/mol. The maximum absolute atomic E-state index is 13.0. The highest BCUT2D eigenvalue weighted by atomic mass is 32.2. The third kappa shape index (κ3) is 4.28. The van der Waals surface area contributed by atoms with Crippen LogP contribution in [0, 0.1) is 5.82 Å². The number of aromatic nitrogens is 1. The van der Waals surface area contributed by atoms with Gasteiger partial charge in [-0.1, -0.05) is 30.3 Å². The summed E-state index contributed by atoms with van der Waals surface area (Å²) >= 11 is 1.18. The largest absolute Gasteiger partial charge is 0.465 e. The highest BCUT2D eigenvalue weighted by molar-refractivity contribution is 8.00. The Morgan fingerprint density at radius 3 is 2.60 bits per heavy atom. The molecule has 0 aliphatic heterocycles. The van der Waals surface area contributed by atoms with Crippen LogP contribution in [-0.4, -0.2) is 17.6 Å². The van der Waals surface area contributed by atoms with E-state index in [1.165, 1.54) is 23.9 Å².